The molecular formula is C11H20N2O3. The van der Waals surface area contributed by atoms with Crippen molar-refractivity contribution in [2.75, 3.05) is 13.2 Å². The van der Waals surface area contributed by atoms with Crippen LogP contribution >= 0.6 is 0 Å². The SMILES string of the molecule is NC1COCC1C(=O)N[C@@H]1CCCC[C@H]1O. The average molecular weight is 228 g/mol. The molecule has 2 rings (SSSR count). The van der Waals surface area contributed by atoms with Gasteiger partial charge in [0.2, 0.25) is 5.91 Å². The third-order valence-corrected chi connectivity index (χ3v) is 3.52. The molecule has 2 unspecified atom stereocenters. The number of aliphatic hydroxyl groups is 1. The van der Waals surface area contributed by atoms with Crippen molar-refractivity contribution in [3.8, 4) is 0 Å². The van der Waals surface area contributed by atoms with Crippen molar-refractivity contribution in [1.29, 1.82) is 0 Å². The Labute approximate surface area is 95.3 Å². The van der Waals surface area contributed by atoms with E-state index < -0.39 is 6.10 Å². The number of hydrogen-bond donors (Lipinski definition) is 3. The van der Waals surface area contributed by atoms with Crippen molar-refractivity contribution in [3.05, 3.63) is 0 Å². The summed E-state index contributed by atoms with van der Waals surface area (Å²) in [5.41, 5.74) is 5.77. The summed E-state index contributed by atoms with van der Waals surface area (Å²) >= 11 is 0. The van der Waals surface area contributed by atoms with Crippen LogP contribution in [-0.4, -0.2) is 42.4 Å². The van der Waals surface area contributed by atoms with Gasteiger partial charge >= 0.3 is 0 Å². The Kier molecular flexibility index (Phi) is 3.78. The van der Waals surface area contributed by atoms with Crippen molar-refractivity contribution in [1.82, 2.24) is 5.32 Å². The van der Waals surface area contributed by atoms with Crippen LogP contribution in [0.25, 0.3) is 0 Å². The molecule has 4 atom stereocenters. The van der Waals surface area contributed by atoms with Gasteiger partial charge in [0, 0.05) is 6.04 Å². The van der Waals surface area contributed by atoms with Crippen LogP contribution in [0.5, 0.6) is 0 Å². The molecule has 1 aliphatic carbocycles. The summed E-state index contributed by atoms with van der Waals surface area (Å²) < 4.78 is 5.16. The smallest absolute Gasteiger partial charge is 0.227 e. The molecule has 1 amide bonds. The van der Waals surface area contributed by atoms with Gasteiger partial charge in [-0.15, -0.1) is 0 Å². The zero-order valence-electron chi connectivity index (χ0n) is 9.39. The second kappa shape index (κ2) is 5.12. The van der Waals surface area contributed by atoms with Crippen LogP contribution in [0.2, 0.25) is 0 Å². The minimum atomic E-state index is -0.406. The molecule has 2 fully saturated rings. The van der Waals surface area contributed by atoms with Gasteiger partial charge in [-0.25, -0.2) is 0 Å². The predicted molar refractivity (Wildman–Crippen MR) is 58.7 cm³/mol. The van der Waals surface area contributed by atoms with Crippen LogP contribution in [0.4, 0.5) is 0 Å². The Morgan fingerprint density at radius 3 is 2.69 bits per heavy atom. The van der Waals surface area contributed by atoms with E-state index in [0.717, 1.165) is 25.7 Å². The van der Waals surface area contributed by atoms with Gasteiger partial charge in [0.05, 0.1) is 31.3 Å². The van der Waals surface area contributed by atoms with Crippen molar-refractivity contribution >= 4 is 5.91 Å². The van der Waals surface area contributed by atoms with Crippen LogP contribution in [0.3, 0.4) is 0 Å². The van der Waals surface area contributed by atoms with Crippen LogP contribution in [0.1, 0.15) is 25.7 Å². The summed E-state index contributed by atoms with van der Waals surface area (Å²) in [6.07, 6.45) is 3.33. The summed E-state index contributed by atoms with van der Waals surface area (Å²) in [5, 5.41) is 12.6. The first-order valence-corrected chi connectivity index (χ1v) is 6.00. The molecule has 1 aliphatic heterocycles. The van der Waals surface area contributed by atoms with Crippen LogP contribution < -0.4 is 11.1 Å². The van der Waals surface area contributed by atoms with Crippen molar-refractivity contribution in [2.24, 2.45) is 11.7 Å². The minimum absolute atomic E-state index is 0.0732. The van der Waals surface area contributed by atoms with E-state index >= 15 is 0 Å². The van der Waals surface area contributed by atoms with Gasteiger partial charge in [-0.2, -0.15) is 0 Å². The Hall–Kier alpha value is -0.650. The molecule has 0 aromatic carbocycles. The normalized spacial score (nSPS) is 39.6. The summed E-state index contributed by atoms with van der Waals surface area (Å²) in [6.45, 7) is 0.848. The summed E-state index contributed by atoms with van der Waals surface area (Å²) in [7, 11) is 0. The molecule has 1 saturated heterocycles. The molecule has 1 heterocycles. The van der Waals surface area contributed by atoms with Crippen LogP contribution in [0.15, 0.2) is 0 Å². The molecule has 1 saturated carbocycles. The third-order valence-electron chi connectivity index (χ3n) is 3.52. The fourth-order valence-corrected chi connectivity index (χ4v) is 2.41. The lowest BCUT2D eigenvalue weighted by Gasteiger charge is -2.29. The quantitative estimate of drug-likeness (QED) is 0.588. The molecule has 0 aromatic rings. The number of amides is 1. The van der Waals surface area contributed by atoms with Gasteiger partial charge in [-0.3, -0.25) is 4.79 Å². The lowest BCUT2D eigenvalue weighted by atomic mass is 9.92. The number of carbonyl (C=O) groups excluding carboxylic acids is 1. The second-order valence-electron chi connectivity index (χ2n) is 4.77. The Morgan fingerprint density at radius 1 is 1.31 bits per heavy atom. The molecule has 4 N–H and O–H groups in total. The van der Waals surface area contributed by atoms with E-state index in [9.17, 15) is 9.90 Å². The number of rotatable bonds is 2. The predicted octanol–water partition coefficient (Wildman–Crippen LogP) is -0.620. The zero-order valence-corrected chi connectivity index (χ0v) is 9.39. The Morgan fingerprint density at radius 2 is 2.06 bits per heavy atom. The summed E-state index contributed by atoms with van der Waals surface area (Å²) in [4.78, 5) is 11.9. The lowest BCUT2D eigenvalue weighted by Crippen LogP contribution is -2.50. The van der Waals surface area contributed by atoms with Crippen molar-refractivity contribution < 1.29 is 14.6 Å². The highest BCUT2D eigenvalue weighted by atomic mass is 16.5. The number of hydrogen-bond acceptors (Lipinski definition) is 4. The molecule has 16 heavy (non-hydrogen) atoms. The molecule has 5 heteroatoms. The molecule has 5 nitrogen and oxygen atoms in total. The average Bonchev–Trinajstić information content (AvgIpc) is 2.68. The van der Waals surface area contributed by atoms with E-state index in [1.165, 1.54) is 0 Å². The van der Waals surface area contributed by atoms with E-state index in [-0.39, 0.29) is 23.9 Å². The van der Waals surface area contributed by atoms with E-state index in [1.54, 1.807) is 0 Å². The van der Waals surface area contributed by atoms with E-state index in [0.29, 0.717) is 13.2 Å². The largest absolute Gasteiger partial charge is 0.391 e. The molecule has 92 valence electrons. The monoisotopic (exact) mass is 228 g/mol. The maximum absolute atomic E-state index is 11.9. The van der Waals surface area contributed by atoms with E-state index in [4.69, 9.17) is 10.5 Å². The third kappa shape index (κ3) is 2.53. The number of carbonyl (C=O) groups is 1. The van der Waals surface area contributed by atoms with Gasteiger partial charge in [-0.1, -0.05) is 12.8 Å². The van der Waals surface area contributed by atoms with E-state index in [2.05, 4.69) is 5.32 Å². The van der Waals surface area contributed by atoms with Crippen molar-refractivity contribution in [3.63, 3.8) is 0 Å². The minimum Gasteiger partial charge on any atom is -0.391 e. The zero-order chi connectivity index (χ0) is 11.5. The number of nitrogens with one attached hydrogen (secondary N) is 1. The molecule has 0 radical (unpaired) electrons. The maximum atomic E-state index is 11.9. The second-order valence-corrected chi connectivity index (χ2v) is 4.77. The Balaban J connectivity index is 1.86. The highest BCUT2D eigenvalue weighted by Crippen LogP contribution is 2.19. The fourth-order valence-electron chi connectivity index (χ4n) is 2.41. The molecule has 0 aromatic heterocycles. The first-order chi connectivity index (χ1) is 7.68. The van der Waals surface area contributed by atoms with Gasteiger partial charge < -0.3 is 20.9 Å². The van der Waals surface area contributed by atoms with Gasteiger partial charge in [0.15, 0.2) is 0 Å². The van der Waals surface area contributed by atoms with Gasteiger partial charge in [0.1, 0.15) is 0 Å². The fraction of sp³-hybridized carbons (Fsp3) is 0.909. The topological polar surface area (TPSA) is 84.6 Å². The molecule has 0 bridgehead atoms. The highest BCUT2D eigenvalue weighted by Gasteiger charge is 2.34. The molecular weight excluding hydrogens is 208 g/mol. The van der Waals surface area contributed by atoms with Crippen molar-refractivity contribution in [2.45, 2.75) is 43.9 Å². The lowest BCUT2D eigenvalue weighted by molar-refractivity contribution is -0.127. The summed E-state index contributed by atoms with van der Waals surface area (Å²) in [5.74, 6) is -0.329. The van der Waals surface area contributed by atoms with Gasteiger partial charge in [-0.05, 0) is 12.8 Å². The maximum Gasteiger partial charge on any atom is 0.227 e. The molecule has 0 spiro atoms. The van der Waals surface area contributed by atoms with Crippen LogP contribution in [0, 0.1) is 5.92 Å². The van der Waals surface area contributed by atoms with Crippen LogP contribution in [-0.2, 0) is 9.53 Å². The first kappa shape index (κ1) is 11.8. The Bertz CT molecular complexity index is 260. The number of ether oxygens (including phenoxy) is 1. The first-order valence-electron chi connectivity index (χ1n) is 6.00. The van der Waals surface area contributed by atoms with E-state index in [1.807, 2.05) is 0 Å². The number of aliphatic hydroxyl groups excluding tert-OH is 1. The molecule has 2 aliphatic rings. The highest BCUT2D eigenvalue weighted by molar-refractivity contribution is 5.80. The standard InChI is InChI=1S/C11H20N2O3/c12-8-6-16-5-7(8)11(15)13-9-3-1-2-4-10(9)14/h7-10,14H,1-6,12H2,(H,13,15)/t7?,8?,9-,10-/m1/s1. The van der Waals surface area contributed by atoms with Gasteiger partial charge in [0.25, 0.3) is 0 Å². The summed E-state index contributed by atoms with van der Waals surface area (Å²) in [6, 6.07) is -0.310. The number of nitrogens with two attached hydrogens (primary N) is 1.